The molecule has 1 saturated heterocycles. The van der Waals surface area contributed by atoms with Gasteiger partial charge < -0.3 is 14.6 Å². The lowest BCUT2D eigenvalue weighted by atomic mass is 10.0. The molecule has 0 radical (unpaired) electrons. The maximum Gasteiger partial charge on any atom is 0.272 e. The number of hydrogen-bond acceptors (Lipinski definition) is 9. The van der Waals surface area contributed by atoms with Gasteiger partial charge in [-0.25, -0.2) is 9.37 Å². The van der Waals surface area contributed by atoms with Crippen molar-refractivity contribution in [1.29, 1.82) is 0 Å². The molecule has 1 saturated carbocycles. The number of oxazole rings is 1. The SMILES string of the molecule is CC(=O)Nc1ccc2oc(-c3ccnc(C(=O)N4CCN([C@H](c5ccc(F)cc5)c5nnn(C6CCCC6)n5)CC4)c3)nc2c1. The predicted octanol–water partition coefficient (Wildman–Crippen LogP) is 4.64. The molecule has 45 heavy (non-hydrogen) atoms. The van der Waals surface area contributed by atoms with Crippen molar-refractivity contribution in [3.05, 3.63) is 83.7 Å². The number of tetrazole rings is 1. The number of benzene rings is 2. The van der Waals surface area contributed by atoms with Gasteiger partial charge in [-0.1, -0.05) is 25.0 Å². The van der Waals surface area contributed by atoms with E-state index in [0.29, 0.717) is 65.9 Å². The second-order valence-electron chi connectivity index (χ2n) is 11.5. The molecule has 2 fully saturated rings. The molecule has 2 aromatic carbocycles. The number of aromatic nitrogens is 6. The summed E-state index contributed by atoms with van der Waals surface area (Å²) < 4.78 is 19.8. The molecule has 1 aliphatic carbocycles. The lowest BCUT2D eigenvalue weighted by molar-refractivity contribution is -0.114. The van der Waals surface area contributed by atoms with Gasteiger partial charge >= 0.3 is 0 Å². The zero-order valence-corrected chi connectivity index (χ0v) is 24.8. The molecule has 7 rings (SSSR count). The Morgan fingerprint density at radius 1 is 1.00 bits per heavy atom. The summed E-state index contributed by atoms with van der Waals surface area (Å²) in [7, 11) is 0. The Balaban J connectivity index is 1.07. The minimum atomic E-state index is -0.315. The molecule has 1 atom stereocenters. The molecule has 0 unspecified atom stereocenters. The highest BCUT2D eigenvalue weighted by Crippen LogP contribution is 2.31. The van der Waals surface area contributed by atoms with Gasteiger partial charge in [-0.15, -0.1) is 10.2 Å². The van der Waals surface area contributed by atoms with Crippen LogP contribution < -0.4 is 5.32 Å². The van der Waals surface area contributed by atoms with Gasteiger partial charge in [0.05, 0.1) is 12.1 Å². The average Bonchev–Trinajstić information content (AvgIpc) is 3.83. The standard InChI is InChI=1S/C32H32FN9O3/c1-20(43)35-24-10-11-28-26(19-24)36-31(45-28)22-12-13-34-27(18-22)32(44)41-16-14-40(15-17-41)29(21-6-8-23(33)9-7-21)30-37-39-42(38-30)25-4-2-3-5-25/h6-13,18-19,25,29H,2-5,14-17H2,1H3,(H,35,43)/t29-/m1/s1. The van der Waals surface area contributed by atoms with Gasteiger partial charge in [0.1, 0.15) is 17.0 Å². The minimum absolute atomic E-state index is 0.175. The summed E-state index contributed by atoms with van der Waals surface area (Å²) in [6, 6.07) is 15.0. The van der Waals surface area contributed by atoms with Crippen molar-refractivity contribution in [1.82, 2.24) is 40.0 Å². The third-order valence-corrected chi connectivity index (χ3v) is 8.43. The topological polar surface area (TPSA) is 135 Å². The summed E-state index contributed by atoms with van der Waals surface area (Å²) in [5.74, 6) is 0.254. The largest absolute Gasteiger partial charge is 0.436 e. The van der Waals surface area contributed by atoms with Crippen LogP contribution in [-0.4, -0.2) is 78.0 Å². The van der Waals surface area contributed by atoms with Crippen molar-refractivity contribution in [3.63, 3.8) is 0 Å². The first-order chi connectivity index (χ1) is 21.9. The summed E-state index contributed by atoms with van der Waals surface area (Å²) in [5, 5.41) is 16.3. The van der Waals surface area contributed by atoms with Crippen LogP contribution in [0.15, 0.2) is 65.2 Å². The number of anilines is 1. The number of nitrogens with zero attached hydrogens (tertiary/aromatic N) is 8. The third kappa shape index (κ3) is 6.03. The van der Waals surface area contributed by atoms with E-state index in [1.807, 2.05) is 0 Å². The van der Waals surface area contributed by atoms with Gasteiger partial charge in [-0.2, -0.15) is 4.80 Å². The molecule has 2 amide bonds. The van der Waals surface area contributed by atoms with E-state index in [1.165, 1.54) is 19.1 Å². The quantitative estimate of drug-likeness (QED) is 0.280. The van der Waals surface area contributed by atoms with Gasteiger partial charge in [0, 0.05) is 50.6 Å². The number of nitrogens with one attached hydrogen (secondary N) is 1. The first-order valence-corrected chi connectivity index (χ1v) is 15.1. The van der Waals surface area contributed by atoms with Crippen molar-refractivity contribution in [3.8, 4) is 11.5 Å². The van der Waals surface area contributed by atoms with E-state index in [2.05, 4.69) is 30.5 Å². The molecule has 2 aliphatic rings. The van der Waals surface area contributed by atoms with Crippen LogP contribution in [0.1, 0.15) is 66.6 Å². The van der Waals surface area contributed by atoms with Gasteiger partial charge in [0.15, 0.2) is 11.4 Å². The van der Waals surface area contributed by atoms with E-state index < -0.39 is 0 Å². The Morgan fingerprint density at radius 2 is 1.78 bits per heavy atom. The normalized spacial score (nSPS) is 16.7. The van der Waals surface area contributed by atoms with E-state index >= 15 is 0 Å². The van der Waals surface area contributed by atoms with E-state index in [4.69, 9.17) is 9.52 Å². The van der Waals surface area contributed by atoms with E-state index in [-0.39, 0.29) is 29.7 Å². The van der Waals surface area contributed by atoms with Crippen molar-refractivity contribution < 1.29 is 18.4 Å². The molecule has 4 heterocycles. The molecule has 12 nitrogen and oxygen atoms in total. The number of amides is 2. The highest BCUT2D eigenvalue weighted by molar-refractivity contribution is 5.94. The summed E-state index contributed by atoms with van der Waals surface area (Å²) >= 11 is 0. The fourth-order valence-electron chi connectivity index (χ4n) is 6.16. The number of halogens is 1. The molecular formula is C32H32FN9O3. The molecule has 5 aromatic rings. The molecule has 0 spiro atoms. The Hall–Kier alpha value is -5.04. The molecule has 1 aliphatic heterocycles. The van der Waals surface area contributed by atoms with Gasteiger partial charge in [0.25, 0.3) is 5.91 Å². The van der Waals surface area contributed by atoms with Crippen LogP contribution in [0.5, 0.6) is 0 Å². The first kappa shape index (κ1) is 28.7. The summed E-state index contributed by atoms with van der Waals surface area (Å²) in [6.07, 6.45) is 5.97. The van der Waals surface area contributed by atoms with Crippen molar-refractivity contribution in [2.45, 2.75) is 44.7 Å². The van der Waals surface area contributed by atoms with Crippen LogP contribution in [0.3, 0.4) is 0 Å². The summed E-state index contributed by atoms with van der Waals surface area (Å²) in [4.78, 5) is 39.6. The predicted molar refractivity (Wildman–Crippen MR) is 163 cm³/mol. The molecule has 13 heteroatoms. The monoisotopic (exact) mass is 609 g/mol. The fourth-order valence-corrected chi connectivity index (χ4v) is 6.16. The molecule has 0 bridgehead atoms. The first-order valence-electron chi connectivity index (χ1n) is 15.1. The number of carbonyl (C=O) groups is 2. The average molecular weight is 610 g/mol. The summed E-state index contributed by atoms with van der Waals surface area (Å²) in [6.45, 7) is 3.50. The van der Waals surface area contributed by atoms with Crippen molar-refractivity contribution in [2.24, 2.45) is 0 Å². The van der Waals surface area contributed by atoms with Crippen LogP contribution in [0, 0.1) is 5.82 Å². The smallest absolute Gasteiger partial charge is 0.272 e. The number of hydrogen-bond donors (Lipinski definition) is 1. The van der Waals surface area contributed by atoms with E-state index in [9.17, 15) is 14.0 Å². The number of piperazine rings is 1. The number of rotatable bonds is 7. The van der Waals surface area contributed by atoms with Gasteiger partial charge in [-0.3, -0.25) is 19.5 Å². The Kier molecular flexibility index (Phi) is 7.76. The van der Waals surface area contributed by atoms with Gasteiger partial charge in [0.2, 0.25) is 11.8 Å². The minimum Gasteiger partial charge on any atom is -0.436 e. The maximum atomic E-state index is 13.8. The van der Waals surface area contributed by atoms with E-state index in [1.54, 1.807) is 58.4 Å². The number of fused-ring (bicyclic) bond motifs is 1. The summed E-state index contributed by atoms with van der Waals surface area (Å²) in [5.41, 5.74) is 3.56. The van der Waals surface area contributed by atoms with Crippen LogP contribution >= 0.6 is 0 Å². The highest BCUT2D eigenvalue weighted by Gasteiger charge is 2.32. The Bertz CT molecular complexity index is 1840. The molecular weight excluding hydrogens is 577 g/mol. The zero-order valence-electron chi connectivity index (χ0n) is 24.8. The van der Waals surface area contributed by atoms with Crippen LogP contribution in [0.25, 0.3) is 22.6 Å². The Labute approximate surface area is 258 Å². The molecule has 1 N–H and O–H groups in total. The van der Waals surface area contributed by atoms with Crippen molar-refractivity contribution >= 4 is 28.6 Å². The lowest BCUT2D eigenvalue weighted by Crippen LogP contribution is -2.50. The second-order valence-corrected chi connectivity index (χ2v) is 11.5. The number of pyridine rings is 1. The maximum absolute atomic E-state index is 13.8. The highest BCUT2D eigenvalue weighted by atomic mass is 19.1. The zero-order chi connectivity index (χ0) is 30.9. The van der Waals surface area contributed by atoms with Crippen LogP contribution in [-0.2, 0) is 4.79 Å². The third-order valence-electron chi connectivity index (χ3n) is 8.43. The lowest BCUT2D eigenvalue weighted by Gasteiger charge is -2.38. The molecule has 3 aromatic heterocycles. The molecule has 230 valence electrons. The van der Waals surface area contributed by atoms with E-state index in [0.717, 1.165) is 31.2 Å². The fraction of sp³-hybridized carbons (Fsp3) is 0.344. The second kappa shape index (κ2) is 12.2. The van der Waals surface area contributed by atoms with Gasteiger partial charge in [-0.05, 0) is 66.1 Å². The van der Waals surface area contributed by atoms with Crippen LogP contribution in [0.4, 0.5) is 10.1 Å². The Morgan fingerprint density at radius 3 is 2.53 bits per heavy atom. The van der Waals surface area contributed by atoms with Crippen molar-refractivity contribution in [2.75, 3.05) is 31.5 Å². The number of carbonyl (C=O) groups excluding carboxylic acids is 2. The van der Waals surface area contributed by atoms with Crippen LogP contribution in [0.2, 0.25) is 0 Å².